The highest BCUT2D eigenvalue weighted by atomic mass is 35.5. The topological polar surface area (TPSA) is 71.5 Å². The third-order valence-electron chi connectivity index (χ3n) is 5.09. The Kier molecular flexibility index (Phi) is 4.80. The molecule has 2 aromatic rings. The molecule has 4 rings (SSSR count). The van der Waals surface area contributed by atoms with Crippen LogP contribution in [0.2, 0.25) is 10.0 Å². The Morgan fingerprint density at radius 2 is 1.85 bits per heavy atom. The van der Waals surface area contributed by atoms with Gasteiger partial charge >= 0.3 is 11.8 Å². The van der Waals surface area contributed by atoms with Crippen molar-refractivity contribution in [1.29, 1.82) is 0 Å². The first-order valence-corrected chi connectivity index (χ1v) is 9.37. The molecule has 0 aliphatic carbocycles. The second kappa shape index (κ2) is 7.11. The van der Waals surface area contributed by atoms with Gasteiger partial charge in [-0.15, -0.1) is 0 Å². The van der Waals surface area contributed by atoms with E-state index in [1.807, 2.05) is 18.2 Å². The molecule has 0 bridgehead atoms. The maximum Gasteiger partial charge on any atom is 0.315 e. The number of likely N-dealkylation sites (tertiary alicyclic amines) is 1. The fourth-order valence-corrected chi connectivity index (χ4v) is 3.92. The molecule has 1 aromatic carbocycles. The van der Waals surface area contributed by atoms with Crippen molar-refractivity contribution in [3.8, 4) is 0 Å². The van der Waals surface area contributed by atoms with Crippen LogP contribution < -0.4 is 5.32 Å². The van der Waals surface area contributed by atoms with Crippen LogP contribution >= 0.6 is 23.2 Å². The van der Waals surface area contributed by atoms with Gasteiger partial charge < -0.3 is 15.0 Å². The van der Waals surface area contributed by atoms with E-state index in [2.05, 4.69) is 10.3 Å². The van der Waals surface area contributed by atoms with Gasteiger partial charge in [0.05, 0.1) is 17.2 Å². The molecule has 0 atom stereocenters. The quantitative estimate of drug-likeness (QED) is 0.738. The number of benzene rings is 1. The molecule has 2 aliphatic heterocycles. The summed E-state index contributed by atoms with van der Waals surface area (Å²) in [5, 5.41) is 3.63. The molecule has 1 fully saturated rings. The van der Waals surface area contributed by atoms with Crippen LogP contribution in [0, 0.1) is 0 Å². The number of halogens is 2. The van der Waals surface area contributed by atoms with E-state index >= 15 is 0 Å². The van der Waals surface area contributed by atoms with Crippen molar-refractivity contribution >= 4 is 40.8 Å². The first-order chi connectivity index (χ1) is 13.0. The first-order valence-electron chi connectivity index (χ1n) is 8.61. The van der Waals surface area contributed by atoms with E-state index in [4.69, 9.17) is 27.9 Å². The highest BCUT2D eigenvalue weighted by molar-refractivity contribution is 6.39. The van der Waals surface area contributed by atoms with E-state index in [1.54, 1.807) is 17.0 Å². The van der Waals surface area contributed by atoms with Gasteiger partial charge in [0.1, 0.15) is 5.82 Å². The highest BCUT2D eigenvalue weighted by Crippen LogP contribution is 2.44. The predicted octanol–water partition coefficient (Wildman–Crippen LogP) is 3.38. The fraction of sp³-hybridized carbons (Fsp3) is 0.316. The Balaban J connectivity index is 1.41. The minimum Gasteiger partial charge on any atom is -0.365 e. The number of ether oxygens (including phenoxy) is 1. The number of hydrogen-bond acceptors (Lipinski definition) is 4. The molecule has 140 valence electrons. The molecule has 6 nitrogen and oxygen atoms in total. The molecule has 1 aromatic heterocycles. The Labute approximate surface area is 166 Å². The van der Waals surface area contributed by atoms with Crippen molar-refractivity contribution in [3.05, 3.63) is 57.7 Å². The summed E-state index contributed by atoms with van der Waals surface area (Å²) in [5.41, 5.74) is 1.80. The number of nitrogens with zero attached hydrogens (tertiary/aromatic N) is 2. The number of hydrogen-bond donors (Lipinski definition) is 1. The van der Waals surface area contributed by atoms with Crippen molar-refractivity contribution in [3.63, 3.8) is 0 Å². The smallest absolute Gasteiger partial charge is 0.315 e. The monoisotopic (exact) mass is 405 g/mol. The van der Waals surface area contributed by atoms with Gasteiger partial charge in [-0.05, 0) is 48.2 Å². The molecule has 0 unspecified atom stereocenters. The minimum atomic E-state index is -0.712. The van der Waals surface area contributed by atoms with Crippen molar-refractivity contribution in [2.24, 2.45) is 0 Å². The van der Waals surface area contributed by atoms with Gasteiger partial charge in [0.15, 0.2) is 0 Å². The Morgan fingerprint density at radius 1 is 1.11 bits per heavy atom. The van der Waals surface area contributed by atoms with Crippen LogP contribution in [0.3, 0.4) is 0 Å². The van der Waals surface area contributed by atoms with Crippen molar-refractivity contribution < 1.29 is 14.3 Å². The average molecular weight is 406 g/mol. The number of fused-ring (bicyclic) bond motifs is 2. The lowest BCUT2D eigenvalue weighted by Crippen LogP contribution is -2.48. The number of pyridine rings is 1. The van der Waals surface area contributed by atoms with E-state index in [1.165, 1.54) is 6.20 Å². The van der Waals surface area contributed by atoms with Crippen LogP contribution in [-0.2, 0) is 26.5 Å². The normalized spacial score (nSPS) is 17.6. The second-order valence-corrected chi connectivity index (χ2v) is 7.57. The summed E-state index contributed by atoms with van der Waals surface area (Å²) in [7, 11) is 0. The number of amides is 2. The van der Waals surface area contributed by atoms with Crippen LogP contribution in [-0.4, -0.2) is 34.8 Å². The number of anilines is 1. The molecule has 8 heteroatoms. The summed E-state index contributed by atoms with van der Waals surface area (Å²) >= 11 is 11.9. The van der Waals surface area contributed by atoms with E-state index in [9.17, 15) is 9.59 Å². The lowest BCUT2D eigenvalue weighted by Gasteiger charge is -2.39. The average Bonchev–Trinajstić information content (AvgIpc) is 3.01. The van der Waals surface area contributed by atoms with Crippen molar-refractivity contribution in [2.45, 2.75) is 25.0 Å². The number of carbonyl (C=O) groups is 2. The summed E-state index contributed by atoms with van der Waals surface area (Å²) in [4.78, 5) is 30.2. The number of aromatic nitrogens is 1. The molecule has 27 heavy (non-hydrogen) atoms. The molecule has 3 heterocycles. The van der Waals surface area contributed by atoms with Gasteiger partial charge in [-0.3, -0.25) is 9.59 Å². The van der Waals surface area contributed by atoms with Gasteiger partial charge in [-0.1, -0.05) is 29.3 Å². The molecule has 0 radical (unpaired) electrons. The highest BCUT2D eigenvalue weighted by Gasteiger charge is 2.44. The van der Waals surface area contributed by atoms with E-state index in [0.717, 1.165) is 11.1 Å². The van der Waals surface area contributed by atoms with Gasteiger partial charge in [-0.2, -0.15) is 0 Å². The third kappa shape index (κ3) is 3.52. The lowest BCUT2D eigenvalue weighted by atomic mass is 9.84. The molecular weight excluding hydrogens is 389 g/mol. The SMILES string of the molecule is O=C(Nc1ccc(Cl)cn1)C(=O)N1CCC2(CC1)OCc1ccc(Cl)cc12. The molecule has 2 amide bonds. The first kappa shape index (κ1) is 18.2. The minimum absolute atomic E-state index is 0.286. The standard InChI is InChI=1S/C19H17Cl2N3O3/c20-13-2-1-12-11-27-19(15(12)9-13)5-7-24(8-6-19)18(26)17(25)23-16-4-3-14(21)10-22-16/h1-4,9-10H,5-8,11H2,(H,22,23,25). The molecule has 1 spiro atoms. The zero-order valence-corrected chi connectivity index (χ0v) is 15.9. The molecule has 1 saturated heterocycles. The van der Waals surface area contributed by atoms with Crippen LogP contribution in [0.25, 0.3) is 0 Å². The van der Waals surface area contributed by atoms with Gasteiger partial charge in [0.25, 0.3) is 0 Å². The third-order valence-corrected chi connectivity index (χ3v) is 5.55. The van der Waals surface area contributed by atoms with E-state index in [-0.39, 0.29) is 5.82 Å². The Hall–Kier alpha value is -2.15. The van der Waals surface area contributed by atoms with E-state index in [0.29, 0.717) is 42.6 Å². The maximum absolute atomic E-state index is 12.5. The Morgan fingerprint density at radius 3 is 2.56 bits per heavy atom. The summed E-state index contributed by atoms with van der Waals surface area (Å²) in [6.45, 7) is 1.42. The lowest BCUT2D eigenvalue weighted by molar-refractivity contribution is -0.147. The molecular formula is C19H17Cl2N3O3. The number of nitrogens with one attached hydrogen (secondary N) is 1. The summed E-state index contributed by atoms with van der Waals surface area (Å²) in [5.74, 6) is -1.00. The van der Waals surface area contributed by atoms with E-state index < -0.39 is 17.4 Å². The predicted molar refractivity (Wildman–Crippen MR) is 102 cm³/mol. The van der Waals surface area contributed by atoms with Crippen molar-refractivity contribution in [1.82, 2.24) is 9.88 Å². The van der Waals surface area contributed by atoms with Crippen LogP contribution in [0.15, 0.2) is 36.5 Å². The van der Waals surface area contributed by atoms with Gasteiger partial charge in [0, 0.05) is 24.3 Å². The maximum atomic E-state index is 12.5. The second-order valence-electron chi connectivity index (χ2n) is 6.69. The zero-order valence-electron chi connectivity index (χ0n) is 14.4. The molecule has 2 aliphatic rings. The zero-order chi connectivity index (χ0) is 19.0. The van der Waals surface area contributed by atoms with Crippen LogP contribution in [0.4, 0.5) is 5.82 Å². The van der Waals surface area contributed by atoms with Gasteiger partial charge in [-0.25, -0.2) is 4.98 Å². The largest absolute Gasteiger partial charge is 0.365 e. The number of piperidine rings is 1. The van der Waals surface area contributed by atoms with Crippen LogP contribution in [0.1, 0.15) is 24.0 Å². The summed E-state index contributed by atoms with van der Waals surface area (Å²) in [6.07, 6.45) is 2.66. The Bertz CT molecular complexity index is 894. The summed E-state index contributed by atoms with van der Waals surface area (Å²) in [6, 6.07) is 8.93. The van der Waals surface area contributed by atoms with Crippen molar-refractivity contribution in [2.75, 3.05) is 18.4 Å². The van der Waals surface area contributed by atoms with Crippen LogP contribution in [0.5, 0.6) is 0 Å². The van der Waals surface area contributed by atoms with Gasteiger partial charge in [0.2, 0.25) is 0 Å². The molecule has 1 N–H and O–H groups in total. The number of rotatable bonds is 1. The number of carbonyl (C=O) groups excluding carboxylic acids is 2. The summed E-state index contributed by atoms with van der Waals surface area (Å²) < 4.78 is 6.08. The molecule has 0 saturated carbocycles. The fourth-order valence-electron chi connectivity index (χ4n) is 3.64.